The maximum absolute atomic E-state index is 13.4. The molecule has 10 heteroatoms. The van der Waals surface area contributed by atoms with Crippen molar-refractivity contribution in [3.8, 4) is 0 Å². The average Bonchev–Trinajstić information content (AvgIpc) is 2.83. The number of rotatable bonds is 9. The number of nitrogens with zero attached hydrogens (tertiary/aromatic N) is 1. The van der Waals surface area contributed by atoms with Crippen LogP contribution in [0.2, 0.25) is 0 Å². The van der Waals surface area contributed by atoms with Gasteiger partial charge in [0.15, 0.2) is 0 Å². The second-order valence-electron chi connectivity index (χ2n) is 7.47. The number of hydrogen-bond acceptors (Lipinski definition) is 3. The third-order valence-corrected chi connectivity index (χ3v) is 4.83. The van der Waals surface area contributed by atoms with Crippen LogP contribution in [0.25, 0.3) is 0 Å². The van der Waals surface area contributed by atoms with E-state index in [0.29, 0.717) is 5.69 Å². The molecule has 3 rings (SSSR count). The largest absolute Gasteiger partial charge is 0.416 e. The van der Waals surface area contributed by atoms with Gasteiger partial charge in [0.2, 0.25) is 5.91 Å². The zero-order valence-corrected chi connectivity index (χ0v) is 18.5. The molecule has 0 bridgehead atoms. The van der Waals surface area contributed by atoms with E-state index in [-0.39, 0.29) is 32.0 Å². The van der Waals surface area contributed by atoms with Crippen LogP contribution >= 0.6 is 0 Å². The van der Waals surface area contributed by atoms with Gasteiger partial charge in [0.05, 0.1) is 12.2 Å². The van der Waals surface area contributed by atoms with E-state index in [1.807, 2.05) is 30.3 Å². The molecular weight excluding hydrogens is 466 g/mol. The zero-order valence-electron chi connectivity index (χ0n) is 18.5. The van der Waals surface area contributed by atoms with Gasteiger partial charge in [-0.25, -0.2) is 9.18 Å². The maximum Gasteiger partial charge on any atom is 0.416 e. The number of carbonyl (C=O) groups excluding carboxylic acids is 2. The number of hydrogen-bond donors (Lipinski definition) is 2. The van der Waals surface area contributed by atoms with Crippen molar-refractivity contribution in [2.24, 2.45) is 0 Å². The fraction of sp³-hybridized carbons (Fsp3) is 0.200. The van der Waals surface area contributed by atoms with Crippen LogP contribution in [0.5, 0.6) is 0 Å². The molecule has 0 fully saturated rings. The Labute approximate surface area is 199 Å². The highest BCUT2D eigenvalue weighted by Gasteiger charge is 2.30. The van der Waals surface area contributed by atoms with Gasteiger partial charge in [-0.15, -0.1) is 0 Å². The average molecular weight is 489 g/mol. The summed E-state index contributed by atoms with van der Waals surface area (Å²) in [7, 11) is 0. The van der Waals surface area contributed by atoms with Gasteiger partial charge in [-0.1, -0.05) is 36.4 Å². The lowest BCUT2D eigenvalue weighted by atomic mass is 10.2. The van der Waals surface area contributed by atoms with E-state index in [9.17, 15) is 27.2 Å². The molecule has 0 spiro atoms. The Balaban J connectivity index is 1.59. The summed E-state index contributed by atoms with van der Waals surface area (Å²) in [5.41, 5.74) is 0.237. The predicted octanol–water partition coefficient (Wildman–Crippen LogP) is 5.22. The van der Waals surface area contributed by atoms with Crippen molar-refractivity contribution >= 4 is 23.3 Å². The first-order chi connectivity index (χ1) is 16.7. The third kappa shape index (κ3) is 8.11. The van der Waals surface area contributed by atoms with Crippen molar-refractivity contribution in [1.29, 1.82) is 0 Å². The number of amides is 3. The first-order valence-electron chi connectivity index (χ1n) is 10.6. The highest BCUT2D eigenvalue weighted by molar-refractivity contribution is 6.01. The van der Waals surface area contributed by atoms with Gasteiger partial charge in [0.1, 0.15) is 12.4 Å². The molecule has 0 aliphatic heterocycles. The number of carbonyl (C=O) groups is 2. The van der Waals surface area contributed by atoms with Crippen LogP contribution in [0.1, 0.15) is 11.1 Å². The van der Waals surface area contributed by atoms with Crippen LogP contribution in [0.3, 0.4) is 0 Å². The number of benzene rings is 3. The number of ether oxygens (including phenoxy) is 1. The Kier molecular flexibility index (Phi) is 8.80. The Bertz CT molecular complexity index is 1120. The quantitative estimate of drug-likeness (QED) is 0.405. The van der Waals surface area contributed by atoms with Gasteiger partial charge in [0.25, 0.3) is 0 Å². The molecule has 3 amide bonds. The molecule has 6 nitrogen and oxygen atoms in total. The van der Waals surface area contributed by atoms with E-state index in [2.05, 4.69) is 10.6 Å². The molecule has 0 atom stereocenters. The van der Waals surface area contributed by atoms with E-state index >= 15 is 0 Å². The fourth-order valence-corrected chi connectivity index (χ4v) is 3.13. The first-order valence-corrected chi connectivity index (χ1v) is 10.6. The van der Waals surface area contributed by atoms with Gasteiger partial charge in [-0.2, -0.15) is 13.2 Å². The Morgan fingerprint density at radius 3 is 2.31 bits per heavy atom. The molecule has 0 unspecified atom stereocenters. The van der Waals surface area contributed by atoms with Crippen molar-refractivity contribution < 1.29 is 31.9 Å². The number of nitrogens with one attached hydrogen (secondary N) is 2. The Hall–Kier alpha value is -3.92. The highest BCUT2D eigenvalue weighted by Crippen LogP contribution is 2.30. The van der Waals surface area contributed by atoms with Crippen LogP contribution in [0.4, 0.5) is 33.7 Å². The van der Waals surface area contributed by atoms with Gasteiger partial charge >= 0.3 is 12.2 Å². The summed E-state index contributed by atoms with van der Waals surface area (Å²) in [5.74, 6) is -0.922. The van der Waals surface area contributed by atoms with Gasteiger partial charge in [-0.05, 0) is 48.0 Å². The van der Waals surface area contributed by atoms with Crippen molar-refractivity contribution in [3.63, 3.8) is 0 Å². The number of alkyl halides is 3. The van der Waals surface area contributed by atoms with E-state index in [1.54, 1.807) is 0 Å². The molecule has 184 valence electrons. The third-order valence-electron chi connectivity index (χ3n) is 4.83. The fourth-order valence-electron chi connectivity index (χ4n) is 3.13. The molecule has 2 N–H and O–H groups in total. The summed E-state index contributed by atoms with van der Waals surface area (Å²) in [6.07, 6.45) is -4.57. The van der Waals surface area contributed by atoms with Gasteiger partial charge < -0.3 is 15.4 Å². The van der Waals surface area contributed by atoms with E-state index in [0.717, 1.165) is 29.8 Å². The van der Waals surface area contributed by atoms with Gasteiger partial charge in [0, 0.05) is 24.5 Å². The van der Waals surface area contributed by atoms with Crippen LogP contribution in [-0.2, 0) is 22.3 Å². The summed E-state index contributed by atoms with van der Waals surface area (Å²) >= 11 is 0. The molecule has 0 aromatic heterocycles. The first kappa shape index (κ1) is 25.7. The molecule has 0 aliphatic rings. The Morgan fingerprint density at radius 2 is 1.63 bits per heavy atom. The minimum absolute atomic E-state index is 0.0269. The summed E-state index contributed by atoms with van der Waals surface area (Å²) < 4.78 is 57.7. The molecule has 3 aromatic rings. The van der Waals surface area contributed by atoms with Crippen LogP contribution in [-0.4, -0.2) is 31.6 Å². The zero-order chi connectivity index (χ0) is 25.3. The van der Waals surface area contributed by atoms with Crippen LogP contribution < -0.4 is 15.5 Å². The normalized spacial score (nSPS) is 11.1. The summed E-state index contributed by atoms with van der Waals surface area (Å²) in [6, 6.07) is 17.8. The maximum atomic E-state index is 13.4. The highest BCUT2D eigenvalue weighted by atomic mass is 19.4. The SMILES string of the molecule is O=C(COCc1ccccc1)NCCN(C(=O)Nc1cccc(C(F)(F)F)c1)c1ccc(F)cc1. The second kappa shape index (κ2) is 12.0. The smallest absolute Gasteiger partial charge is 0.367 e. The van der Waals surface area contributed by atoms with Crippen LogP contribution in [0.15, 0.2) is 78.9 Å². The lowest BCUT2D eigenvalue weighted by Gasteiger charge is -2.24. The lowest BCUT2D eigenvalue weighted by Crippen LogP contribution is -2.41. The molecule has 35 heavy (non-hydrogen) atoms. The van der Waals surface area contributed by atoms with E-state index in [4.69, 9.17) is 4.74 Å². The number of urea groups is 1. The Morgan fingerprint density at radius 1 is 0.914 bits per heavy atom. The molecule has 0 radical (unpaired) electrons. The number of halogens is 4. The van der Waals surface area contributed by atoms with E-state index < -0.39 is 29.5 Å². The molecule has 0 saturated heterocycles. The number of anilines is 2. The minimum Gasteiger partial charge on any atom is -0.367 e. The van der Waals surface area contributed by atoms with Crippen molar-refractivity contribution in [2.75, 3.05) is 29.9 Å². The van der Waals surface area contributed by atoms with Crippen LogP contribution in [0, 0.1) is 5.82 Å². The van der Waals surface area contributed by atoms with Gasteiger partial charge in [-0.3, -0.25) is 9.69 Å². The summed E-state index contributed by atoms with van der Waals surface area (Å²) in [6.45, 7) is 0.0685. The predicted molar refractivity (Wildman–Crippen MR) is 123 cm³/mol. The lowest BCUT2D eigenvalue weighted by molar-refractivity contribution is -0.137. The van der Waals surface area contributed by atoms with Crippen molar-refractivity contribution in [2.45, 2.75) is 12.8 Å². The summed E-state index contributed by atoms with van der Waals surface area (Å²) in [4.78, 5) is 26.1. The topological polar surface area (TPSA) is 70.7 Å². The van der Waals surface area contributed by atoms with E-state index in [1.165, 1.54) is 29.2 Å². The molecule has 0 heterocycles. The van der Waals surface area contributed by atoms with Crippen molar-refractivity contribution in [3.05, 3.63) is 95.8 Å². The standard InChI is InChI=1S/C25H23F4N3O3/c26-20-9-11-22(12-10-20)32(24(34)31-21-8-4-7-19(15-21)25(27,28)29)14-13-30-23(33)17-35-16-18-5-2-1-3-6-18/h1-12,15H,13-14,16-17H2,(H,30,33)(H,31,34). The molecular formula is C25H23F4N3O3. The monoisotopic (exact) mass is 489 g/mol. The summed E-state index contributed by atoms with van der Waals surface area (Å²) in [5, 5.41) is 5.03. The molecule has 0 saturated carbocycles. The van der Waals surface area contributed by atoms with Crippen molar-refractivity contribution in [1.82, 2.24) is 5.32 Å². The molecule has 0 aliphatic carbocycles. The molecule has 3 aromatic carbocycles. The minimum atomic E-state index is -4.57. The second-order valence-corrected chi connectivity index (χ2v) is 7.47.